The van der Waals surface area contributed by atoms with Gasteiger partial charge in [-0.3, -0.25) is 0 Å². The van der Waals surface area contributed by atoms with Crippen LogP contribution >= 0.6 is 11.5 Å². The zero-order chi connectivity index (χ0) is 12.3. The predicted molar refractivity (Wildman–Crippen MR) is 72.2 cm³/mol. The molecule has 1 aromatic carbocycles. The summed E-state index contributed by atoms with van der Waals surface area (Å²) < 4.78 is 3.91. The molecule has 3 N–H and O–H groups in total. The smallest absolute Gasteiger partial charge is 0.233 e. The van der Waals surface area contributed by atoms with Crippen molar-refractivity contribution in [3.8, 4) is 0 Å². The van der Waals surface area contributed by atoms with Gasteiger partial charge in [-0.25, -0.2) is 0 Å². The zero-order valence-electron chi connectivity index (χ0n) is 9.97. The molecule has 0 unspecified atom stereocenters. The Labute approximate surface area is 105 Å². The second kappa shape index (κ2) is 5.14. The van der Waals surface area contributed by atoms with Crippen LogP contribution in [0.2, 0.25) is 0 Å². The summed E-state index contributed by atoms with van der Waals surface area (Å²) in [5, 5.41) is 3.96. The largest absolute Gasteiger partial charge is 0.367 e. The fourth-order valence-electron chi connectivity index (χ4n) is 1.50. The van der Waals surface area contributed by atoms with Crippen LogP contribution in [0.1, 0.15) is 30.9 Å². The van der Waals surface area contributed by atoms with Crippen LogP contribution in [-0.4, -0.2) is 9.36 Å². The molecule has 1 heterocycles. The van der Waals surface area contributed by atoms with Gasteiger partial charge < -0.3 is 11.1 Å². The molecule has 0 radical (unpaired) electrons. The predicted octanol–water partition coefficient (Wildman–Crippen LogP) is 2.86. The lowest BCUT2D eigenvalue weighted by atomic mass is 10.0. The molecule has 5 heteroatoms. The minimum absolute atomic E-state index is 0.327. The van der Waals surface area contributed by atoms with E-state index < -0.39 is 0 Å². The van der Waals surface area contributed by atoms with E-state index in [0.717, 1.165) is 11.7 Å². The number of benzene rings is 1. The third kappa shape index (κ3) is 3.17. The van der Waals surface area contributed by atoms with Gasteiger partial charge in [-0.2, -0.15) is 9.36 Å². The molecule has 2 aromatic rings. The fraction of sp³-hybridized carbons (Fsp3) is 0.333. The number of nitrogens with two attached hydrogens (primary N) is 1. The number of anilines is 2. The molecule has 0 saturated heterocycles. The summed E-state index contributed by atoms with van der Waals surface area (Å²) in [7, 11) is 0. The molecule has 1 aromatic heterocycles. The van der Waals surface area contributed by atoms with Gasteiger partial charge in [0.1, 0.15) is 0 Å². The quantitative estimate of drug-likeness (QED) is 0.873. The topological polar surface area (TPSA) is 63.8 Å². The molecule has 4 nitrogen and oxygen atoms in total. The third-order valence-corrected chi connectivity index (χ3v) is 3.22. The second-order valence-corrected chi connectivity index (χ2v) is 4.96. The van der Waals surface area contributed by atoms with Crippen molar-refractivity contribution in [3.63, 3.8) is 0 Å². The van der Waals surface area contributed by atoms with E-state index in [1.165, 1.54) is 22.7 Å². The first-order valence-electron chi connectivity index (χ1n) is 5.57. The van der Waals surface area contributed by atoms with Crippen molar-refractivity contribution in [3.05, 3.63) is 35.4 Å². The summed E-state index contributed by atoms with van der Waals surface area (Å²) in [6.45, 7) is 5.13. The van der Waals surface area contributed by atoms with Crippen LogP contribution in [0.3, 0.4) is 0 Å². The summed E-state index contributed by atoms with van der Waals surface area (Å²) in [6, 6.07) is 8.59. The van der Waals surface area contributed by atoms with Gasteiger partial charge in [0, 0.05) is 18.1 Å². The highest BCUT2D eigenvalue weighted by atomic mass is 32.1. The molecule has 0 aliphatic heterocycles. The lowest BCUT2D eigenvalue weighted by Gasteiger charge is -2.07. The molecule has 2 rings (SSSR count). The Morgan fingerprint density at radius 1 is 1.29 bits per heavy atom. The fourth-order valence-corrected chi connectivity index (χ4v) is 2.00. The van der Waals surface area contributed by atoms with Gasteiger partial charge in [0.25, 0.3) is 0 Å². The zero-order valence-corrected chi connectivity index (χ0v) is 10.8. The summed E-state index contributed by atoms with van der Waals surface area (Å²) >= 11 is 1.28. The van der Waals surface area contributed by atoms with Crippen molar-refractivity contribution in [1.82, 2.24) is 9.36 Å². The Morgan fingerprint density at radius 3 is 2.53 bits per heavy atom. The lowest BCUT2D eigenvalue weighted by molar-refractivity contribution is 0.865. The van der Waals surface area contributed by atoms with Crippen molar-refractivity contribution >= 4 is 22.6 Å². The van der Waals surface area contributed by atoms with E-state index in [4.69, 9.17) is 5.73 Å². The molecule has 0 aliphatic rings. The Balaban J connectivity index is 1.95. The van der Waals surface area contributed by atoms with Crippen molar-refractivity contribution in [2.45, 2.75) is 26.3 Å². The average Bonchev–Trinajstić information content (AvgIpc) is 2.73. The van der Waals surface area contributed by atoms with Crippen LogP contribution in [0.15, 0.2) is 24.3 Å². The molecule has 0 atom stereocenters. The number of aromatic nitrogens is 2. The molecular weight excluding hydrogens is 232 g/mol. The molecule has 90 valence electrons. The maximum absolute atomic E-state index is 5.45. The van der Waals surface area contributed by atoms with Gasteiger partial charge in [0.05, 0.1) is 0 Å². The summed E-state index contributed by atoms with van der Waals surface area (Å²) in [6.07, 6.45) is 0. The van der Waals surface area contributed by atoms with Crippen molar-refractivity contribution in [2.24, 2.45) is 0 Å². The van der Waals surface area contributed by atoms with E-state index in [-0.39, 0.29) is 0 Å². The standard InChI is InChI=1S/C12H16N4S/c1-8(2)10-5-3-9(4-6-10)7-14-12-15-11(13)16-17-12/h3-6,8H,7H2,1-2H3,(H3,13,14,15,16). The van der Waals surface area contributed by atoms with Crippen LogP contribution in [0.25, 0.3) is 0 Å². The maximum atomic E-state index is 5.45. The highest BCUT2D eigenvalue weighted by Crippen LogP contribution is 2.16. The Bertz CT molecular complexity index is 476. The number of nitrogens with zero attached hydrogens (tertiary/aromatic N) is 2. The van der Waals surface area contributed by atoms with E-state index in [2.05, 4.69) is 52.8 Å². The molecule has 0 spiro atoms. The summed E-state index contributed by atoms with van der Waals surface area (Å²) in [5.74, 6) is 0.896. The summed E-state index contributed by atoms with van der Waals surface area (Å²) in [5.41, 5.74) is 8.03. The number of rotatable bonds is 4. The van der Waals surface area contributed by atoms with Crippen LogP contribution in [-0.2, 0) is 6.54 Å². The van der Waals surface area contributed by atoms with Gasteiger partial charge in [-0.05, 0) is 17.0 Å². The molecule has 0 fully saturated rings. The first kappa shape index (κ1) is 11.9. The molecule has 0 aliphatic carbocycles. The van der Waals surface area contributed by atoms with E-state index in [1.54, 1.807) is 0 Å². The first-order valence-corrected chi connectivity index (χ1v) is 6.34. The third-order valence-electron chi connectivity index (χ3n) is 2.53. The van der Waals surface area contributed by atoms with Crippen molar-refractivity contribution in [1.29, 1.82) is 0 Å². The number of hydrogen-bond donors (Lipinski definition) is 2. The maximum Gasteiger partial charge on any atom is 0.233 e. The Kier molecular flexibility index (Phi) is 3.58. The van der Waals surface area contributed by atoms with E-state index in [1.807, 2.05) is 0 Å². The Morgan fingerprint density at radius 2 is 2.00 bits per heavy atom. The van der Waals surface area contributed by atoms with Crippen LogP contribution in [0.5, 0.6) is 0 Å². The minimum atomic E-state index is 0.327. The number of nitrogen functional groups attached to an aromatic ring is 1. The lowest BCUT2D eigenvalue weighted by Crippen LogP contribution is -1.99. The molecular formula is C12H16N4S. The van der Waals surface area contributed by atoms with Crippen LogP contribution in [0, 0.1) is 0 Å². The van der Waals surface area contributed by atoms with E-state index in [0.29, 0.717) is 11.9 Å². The van der Waals surface area contributed by atoms with Gasteiger partial charge in [-0.1, -0.05) is 38.1 Å². The number of nitrogens with one attached hydrogen (secondary N) is 1. The van der Waals surface area contributed by atoms with Gasteiger partial charge in [-0.15, -0.1) is 0 Å². The number of hydrogen-bond acceptors (Lipinski definition) is 5. The van der Waals surface area contributed by atoms with Crippen molar-refractivity contribution < 1.29 is 0 Å². The SMILES string of the molecule is CC(C)c1ccc(CNc2nc(N)ns2)cc1. The van der Waals surface area contributed by atoms with E-state index >= 15 is 0 Å². The van der Waals surface area contributed by atoms with Crippen LogP contribution < -0.4 is 11.1 Å². The Hall–Kier alpha value is -1.62. The highest BCUT2D eigenvalue weighted by molar-refractivity contribution is 7.09. The molecule has 17 heavy (non-hydrogen) atoms. The molecule has 0 saturated carbocycles. The van der Waals surface area contributed by atoms with Gasteiger partial charge in [0.2, 0.25) is 11.1 Å². The normalized spacial score (nSPS) is 10.8. The highest BCUT2D eigenvalue weighted by Gasteiger charge is 2.01. The van der Waals surface area contributed by atoms with E-state index in [9.17, 15) is 0 Å². The molecule has 0 amide bonds. The minimum Gasteiger partial charge on any atom is -0.367 e. The van der Waals surface area contributed by atoms with Crippen LogP contribution in [0.4, 0.5) is 11.1 Å². The van der Waals surface area contributed by atoms with Gasteiger partial charge in [0.15, 0.2) is 0 Å². The second-order valence-electron chi connectivity index (χ2n) is 4.21. The molecule has 0 bridgehead atoms. The summed E-state index contributed by atoms with van der Waals surface area (Å²) in [4.78, 5) is 4.05. The van der Waals surface area contributed by atoms with Gasteiger partial charge >= 0.3 is 0 Å². The van der Waals surface area contributed by atoms with Crippen molar-refractivity contribution in [2.75, 3.05) is 11.1 Å². The first-order chi connectivity index (χ1) is 8.15. The monoisotopic (exact) mass is 248 g/mol. The average molecular weight is 248 g/mol.